The highest BCUT2D eigenvalue weighted by atomic mass is 32.2. The van der Waals surface area contributed by atoms with E-state index >= 15 is 0 Å². The van der Waals surface area contributed by atoms with Crippen molar-refractivity contribution in [2.75, 3.05) is 17.8 Å². The Kier molecular flexibility index (Phi) is 3.10. The molecule has 76 valence electrons. The van der Waals surface area contributed by atoms with E-state index in [1.54, 1.807) is 11.8 Å². The van der Waals surface area contributed by atoms with Crippen molar-refractivity contribution in [3.63, 3.8) is 0 Å². The SMILES string of the molecule is CSc1ccc(C2(O)CCSC2)cc1. The molecule has 1 nitrogen and oxygen atoms in total. The molecule has 1 saturated heterocycles. The smallest absolute Gasteiger partial charge is 0.0994 e. The van der Waals surface area contributed by atoms with Crippen molar-refractivity contribution >= 4 is 23.5 Å². The Bertz CT molecular complexity index is 302. The van der Waals surface area contributed by atoms with E-state index in [4.69, 9.17) is 0 Å². The van der Waals surface area contributed by atoms with Crippen molar-refractivity contribution < 1.29 is 5.11 Å². The number of benzene rings is 1. The highest BCUT2D eigenvalue weighted by molar-refractivity contribution is 7.99. The fourth-order valence-electron chi connectivity index (χ4n) is 1.68. The molecule has 3 heteroatoms. The van der Waals surface area contributed by atoms with Crippen LogP contribution in [0.15, 0.2) is 29.2 Å². The molecule has 0 amide bonds. The van der Waals surface area contributed by atoms with Crippen LogP contribution in [0.3, 0.4) is 0 Å². The fourth-order valence-corrected chi connectivity index (χ4v) is 3.37. The van der Waals surface area contributed by atoms with E-state index in [-0.39, 0.29) is 0 Å². The van der Waals surface area contributed by atoms with Gasteiger partial charge in [-0.15, -0.1) is 11.8 Å². The normalized spacial score (nSPS) is 26.7. The summed E-state index contributed by atoms with van der Waals surface area (Å²) in [6.45, 7) is 0. The van der Waals surface area contributed by atoms with Gasteiger partial charge in [-0.3, -0.25) is 0 Å². The first kappa shape index (κ1) is 10.4. The topological polar surface area (TPSA) is 20.2 Å². The monoisotopic (exact) mass is 226 g/mol. The summed E-state index contributed by atoms with van der Waals surface area (Å²) in [5.74, 6) is 1.91. The first-order chi connectivity index (χ1) is 6.74. The maximum atomic E-state index is 10.3. The van der Waals surface area contributed by atoms with Gasteiger partial charge in [-0.1, -0.05) is 12.1 Å². The van der Waals surface area contributed by atoms with Gasteiger partial charge >= 0.3 is 0 Å². The van der Waals surface area contributed by atoms with E-state index in [1.807, 2.05) is 11.8 Å². The summed E-state index contributed by atoms with van der Waals surface area (Å²) in [7, 11) is 0. The Labute approximate surface area is 93.3 Å². The van der Waals surface area contributed by atoms with Gasteiger partial charge in [0.2, 0.25) is 0 Å². The molecular weight excluding hydrogens is 212 g/mol. The molecule has 0 aromatic heterocycles. The van der Waals surface area contributed by atoms with Crippen LogP contribution in [0.25, 0.3) is 0 Å². The minimum absolute atomic E-state index is 0.568. The third-order valence-corrected chi connectivity index (χ3v) is 4.55. The molecule has 1 aromatic rings. The molecule has 0 spiro atoms. The summed E-state index contributed by atoms with van der Waals surface area (Å²) >= 11 is 3.56. The second-order valence-electron chi connectivity index (χ2n) is 3.56. The zero-order valence-electron chi connectivity index (χ0n) is 8.19. The summed E-state index contributed by atoms with van der Waals surface area (Å²) in [5, 5.41) is 10.3. The van der Waals surface area contributed by atoms with Crippen LogP contribution in [-0.4, -0.2) is 22.9 Å². The predicted octanol–water partition coefficient (Wildman–Crippen LogP) is 2.73. The molecule has 1 aromatic carbocycles. The van der Waals surface area contributed by atoms with E-state index in [9.17, 15) is 5.11 Å². The standard InChI is InChI=1S/C11H14OS2/c1-13-10-4-2-9(3-5-10)11(12)6-7-14-8-11/h2-5,12H,6-8H2,1H3. The zero-order chi connectivity index (χ0) is 10.0. The Hall–Kier alpha value is -0.120. The Morgan fingerprint density at radius 1 is 1.36 bits per heavy atom. The summed E-state index contributed by atoms with van der Waals surface area (Å²) in [4.78, 5) is 1.25. The van der Waals surface area contributed by atoms with Crippen molar-refractivity contribution in [1.29, 1.82) is 0 Å². The van der Waals surface area contributed by atoms with Crippen LogP contribution < -0.4 is 0 Å². The van der Waals surface area contributed by atoms with E-state index in [0.29, 0.717) is 0 Å². The third kappa shape index (κ3) is 1.95. The van der Waals surface area contributed by atoms with Gasteiger partial charge in [-0.2, -0.15) is 11.8 Å². The molecule has 0 bridgehead atoms. The average Bonchev–Trinajstić information content (AvgIpc) is 2.67. The zero-order valence-corrected chi connectivity index (χ0v) is 9.83. The lowest BCUT2D eigenvalue weighted by Crippen LogP contribution is -2.24. The van der Waals surface area contributed by atoms with Crippen LogP contribution in [0.2, 0.25) is 0 Å². The van der Waals surface area contributed by atoms with Gasteiger partial charge in [0.25, 0.3) is 0 Å². The molecule has 0 radical (unpaired) electrons. The molecular formula is C11H14OS2. The summed E-state index contributed by atoms with van der Waals surface area (Å²) in [5.41, 5.74) is 0.502. The first-order valence-electron chi connectivity index (χ1n) is 4.69. The Morgan fingerprint density at radius 2 is 2.07 bits per heavy atom. The van der Waals surface area contributed by atoms with Crippen LogP contribution in [0, 0.1) is 0 Å². The molecule has 1 heterocycles. The number of thioether (sulfide) groups is 2. The predicted molar refractivity (Wildman–Crippen MR) is 64.1 cm³/mol. The maximum absolute atomic E-state index is 10.3. The second kappa shape index (κ2) is 4.17. The van der Waals surface area contributed by atoms with E-state index in [2.05, 4.69) is 30.5 Å². The second-order valence-corrected chi connectivity index (χ2v) is 5.55. The summed E-state index contributed by atoms with van der Waals surface area (Å²) < 4.78 is 0. The van der Waals surface area contributed by atoms with Crippen molar-refractivity contribution in [2.24, 2.45) is 0 Å². The Balaban J connectivity index is 2.23. The van der Waals surface area contributed by atoms with Crippen LogP contribution in [0.5, 0.6) is 0 Å². The fraction of sp³-hybridized carbons (Fsp3) is 0.455. The average molecular weight is 226 g/mol. The highest BCUT2D eigenvalue weighted by Crippen LogP contribution is 2.36. The molecule has 1 aliphatic rings. The molecule has 2 rings (SSSR count). The van der Waals surface area contributed by atoms with Crippen LogP contribution in [-0.2, 0) is 5.60 Å². The first-order valence-corrected chi connectivity index (χ1v) is 7.07. The molecule has 0 saturated carbocycles. The van der Waals surface area contributed by atoms with Gasteiger partial charge in [-0.05, 0) is 36.1 Å². The summed E-state index contributed by atoms with van der Waals surface area (Å²) in [6.07, 6.45) is 2.95. The molecule has 14 heavy (non-hydrogen) atoms. The molecule has 1 N–H and O–H groups in total. The van der Waals surface area contributed by atoms with Crippen molar-refractivity contribution in [3.05, 3.63) is 29.8 Å². The van der Waals surface area contributed by atoms with Gasteiger partial charge in [0.15, 0.2) is 0 Å². The molecule has 1 unspecified atom stereocenters. The van der Waals surface area contributed by atoms with Crippen molar-refractivity contribution in [1.82, 2.24) is 0 Å². The lowest BCUT2D eigenvalue weighted by atomic mass is 9.94. The van der Waals surface area contributed by atoms with E-state index < -0.39 is 5.60 Å². The van der Waals surface area contributed by atoms with Gasteiger partial charge in [0.05, 0.1) is 5.60 Å². The highest BCUT2D eigenvalue weighted by Gasteiger charge is 2.33. The minimum atomic E-state index is -0.568. The van der Waals surface area contributed by atoms with Gasteiger partial charge < -0.3 is 5.11 Å². The van der Waals surface area contributed by atoms with Gasteiger partial charge in [-0.25, -0.2) is 0 Å². The lowest BCUT2D eigenvalue weighted by Gasteiger charge is -2.21. The van der Waals surface area contributed by atoms with Crippen LogP contribution in [0.1, 0.15) is 12.0 Å². The van der Waals surface area contributed by atoms with E-state index in [0.717, 1.165) is 23.5 Å². The molecule has 0 aliphatic carbocycles. The third-order valence-electron chi connectivity index (χ3n) is 2.63. The quantitative estimate of drug-likeness (QED) is 0.783. The van der Waals surface area contributed by atoms with Crippen molar-refractivity contribution in [3.8, 4) is 0 Å². The summed E-state index contributed by atoms with van der Waals surface area (Å²) in [6, 6.07) is 8.28. The van der Waals surface area contributed by atoms with E-state index in [1.165, 1.54) is 4.90 Å². The van der Waals surface area contributed by atoms with Gasteiger partial charge in [0.1, 0.15) is 0 Å². The van der Waals surface area contributed by atoms with Gasteiger partial charge in [0, 0.05) is 10.6 Å². The maximum Gasteiger partial charge on any atom is 0.0994 e. The molecule has 1 atom stereocenters. The number of aliphatic hydroxyl groups is 1. The number of hydrogen-bond donors (Lipinski definition) is 1. The van der Waals surface area contributed by atoms with Crippen LogP contribution >= 0.6 is 23.5 Å². The number of rotatable bonds is 2. The molecule has 1 aliphatic heterocycles. The minimum Gasteiger partial charge on any atom is -0.384 e. The largest absolute Gasteiger partial charge is 0.384 e. The lowest BCUT2D eigenvalue weighted by molar-refractivity contribution is 0.0657. The van der Waals surface area contributed by atoms with Crippen molar-refractivity contribution in [2.45, 2.75) is 16.9 Å². The Morgan fingerprint density at radius 3 is 2.57 bits per heavy atom. The van der Waals surface area contributed by atoms with Crippen LogP contribution in [0.4, 0.5) is 0 Å². The molecule has 1 fully saturated rings. The number of hydrogen-bond acceptors (Lipinski definition) is 3.